The lowest BCUT2D eigenvalue weighted by Crippen LogP contribution is -2.31. The Morgan fingerprint density at radius 3 is 2.76 bits per heavy atom. The van der Waals surface area contributed by atoms with E-state index in [9.17, 15) is 0 Å². The predicted octanol–water partition coefficient (Wildman–Crippen LogP) is 5.51. The van der Waals surface area contributed by atoms with Crippen LogP contribution in [0.25, 0.3) is 10.2 Å². The molecule has 0 spiro atoms. The first kappa shape index (κ1) is 18.4. The van der Waals surface area contributed by atoms with Gasteiger partial charge in [-0.1, -0.05) is 29.5 Å². The molecule has 0 bridgehead atoms. The molecule has 0 radical (unpaired) electrons. The fourth-order valence-electron chi connectivity index (χ4n) is 4.14. The predicted molar refractivity (Wildman–Crippen MR) is 117 cm³/mol. The third-order valence-electron chi connectivity index (χ3n) is 5.73. The molecule has 1 unspecified atom stereocenters. The number of anilines is 1. The molecule has 1 aliphatic heterocycles. The number of hydrogen-bond acceptors (Lipinski definition) is 6. The number of allylic oxidation sites excluding steroid dienone is 1. The Balaban J connectivity index is 1.19. The van der Waals surface area contributed by atoms with Gasteiger partial charge >= 0.3 is 0 Å². The standard InChI is InChI=1S/C23H25N3O2S/c1-2-6-21-20(5-1)26-23(29-21)25-17-7-9-18(10-8-17)28-22-19(4-3-13-24-22)16-11-14-27-15-12-16/h1-6,11,13-14,16-18H,7-10,12,15H2,(H,25,26). The molecule has 29 heavy (non-hydrogen) atoms. The van der Waals surface area contributed by atoms with Crippen molar-refractivity contribution < 1.29 is 9.47 Å². The summed E-state index contributed by atoms with van der Waals surface area (Å²) in [5, 5.41) is 4.65. The minimum absolute atomic E-state index is 0.223. The van der Waals surface area contributed by atoms with Crippen molar-refractivity contribution in [1.29, 1.82) is 0 Å². The lowest BCUT2D eigenvalue weighted by Gasteiger charge is -2.30. The van der Waals surface area contributed by atoms with Gasteiger partial charge in [0.15, 0.2) is 5.13 Å². The van der Waals surface area contributed by atoms with E-state index in [0.717, 1.165) is 55.2 Å². The van der Waals surface area contributed by atoms with Crippen molar-refractivity contribution in [2.45, 2.75) is 50.2 Å². The summed E-state index contributed by atoms with van der Waals surface area (Å²) in [4.78, 5) is 9.24. The first-order valence-electron chi connectivity index (χ1n) is 10.4. The molecule has 3 aromatic rings. The highest BCUT2D eigenvalue weighted by atomic mass is 32.1. The van der Waals surface area contributed by atoms with Crippen LogP contribution in [0.3, 0.4) is 0 Å². The van der Waals surface area contributed by atoms with Crippen LogP contribution in [0.4, 0.5) is 5.13 Å². The number of nitrogens with zero attached hydrogens (tertiary/aromatic N) is 2. The summed E-state index contributed by atoms with van der Waals surface area (Å²) in [5.41, 5.74) is 2.24. The van der Waals surface area contributed by atoms with Gasteiger partial charge in [-0.25, -0.2) is 9.97 Å². The van der Waals surface area contributed by atoms with Gasteiger partial charge in [0.2, 0.25) is 5.88 Å². The van der Waals surface area contributed by atoms with E-state index in [1.807, 2.05) is 18.3 Å². The maximum atomic E-state index is 6.36. The van der Waals surface area contributed by atoms with E-state index in [4.69, 9.17) is 14.5 Å². The fraction of sp³-hybridized carbons (Fsp3) is 0.391. The van der Waals surface area contributed by atoms with Crippen LogP contribution in [0.5, 0.6) is 5.88 Å². The smallest absolute Gasteiger partial charge is 0.217 e. The summed E-state index contributed by atoms with van der Waals surface area (Å²) in [5.74, 6) is 1.11. The van der Waals surface area contributed by atoms with Crippen molar-refractivity contribution in [2.75, 3.05) is 11.9 Å². The van der Waals surface area contributed by atoms with Crippen molar-refractivity contribution in [3.05, 3.63) is 60.5 Å². The molecule has 1 N–H and O–H groups in total. The molecule has 1 saturated carbocycles. The van der Waals surface area contributed by atoms with E-state index in [-0.39, 0.29) is 6.10 Å². The topological polar surface area (TPSA) is 56.3 Å². The quantitative estimate of drug-likeness (QED) is 0.604. The van der Waals surface area contributed by atoms with Crippen LogP contribution in [0.15, 0.2) is 54.9 Å². The molecule has 5 rings (SSSR count). The van der Waals surface area contributed by atoms with Gasteiger partial charge in [-0.15, -0.1) is 0 Å². The second-order valence-corrected chi connectivity index (χ2v) is 8.75. The molecule has 1 fully saturated rings. The van der Waals surface area contributed by atoms with Gasteiger partial charge < -0.3 is 14.8 Å². The molecule has 3 heterocycles. The molecule has 6 heteroatoms. The number of fused-ring (bicyclic) bond motifs is 1. The van der Waals surface area contributed by atoms with E-state index >= 15 is 0 Å². The summed E-state index contributed by atoms with van der Waals surface area (Å²) in [7, 11) is 0. The zero-order valence-electron chi connectivity index (χ0n) is 16.3. The van der Waals surface area contributed by atoms with Crippen LogP contribution < -0.4 is 10.1 Å². The second kappa shape index (κ2) is 8.41. The summed E-state index contributed by atoms with van der Waals surface area (Å²) in [6.07, 6.45) is 11.1. The van der Waals surface area contributed by atoms with Crippen molar-refractivity contribution in [1.82, 2.24) is 9.97 Å². The molecule has 2 aliphatic rings. The zero-order chi connectivity index (χ0) is 19.5. The van der Waals surface area contributed by atoms with E-state index in [1.165, 1.54) is 10.3 Å². The summed E-state index contributed by atoms with van der Waals surface area (Å²) in [6.45, 7) is 0.748. The molecule has 1 atom stereocenters. The second-order valence-electron chi connectivity index (χ2n) is 7.71. The Bertz CT molecular complexity index is 961. The van der Waals surface area contributed by atoms with Crippen LogP contribution in [0.1, 0.15) is 43.6 Å². The molecule has 1 aromatic carbocycles. The van der Waals surface area contributed by atoms with Crippen LogP contribution in [-0.4, -0.2) is 28.7 Å². The first-order valence-corrected chi connectivity index (χ1v) is 11.2. The maximum absolute atomic E-state index is 6.36. The number of aromatic nitrogens is 2. The van der Waals surface area contributed by atoms with Crippen molar-refractivity contribution >= 4 is 26.7 Å². The molecule has 0 saturated heterocycles. The average Bonchev–Trinajstić information content (AvgIpc) is 3.18. The van der Waals surface area contributed by atoms with Gasteiger partial charge in [0.05, 0.1) is 23.1 Å². The number of para-hydroxylation sites is 1. The molecule has 0 amide bonds. The first-order chi connectivity index (χ1) is 14.3. The van der Waals surface area contributed by atoms with Gasteiger partial charge in [0.1, 0.15) is 6.10 Å². The number of hydrogen-bond donors (Lipinski definition) is 1. The van der Waals surface area contributed by atoms with Crippen LogP contribution >= 0.6 is 11.3 Å². The third-order valence-corrected chi connectivity index (χ3v) is 6.70. The highest BCUT2D eigenvalue weighted by molar-refractivity contribution is 7.22. The molecule has 1 aliphatic carbocycles. The normalized spacial score (nSPS) is 24.2. The van der Waals surface area contributed by atoms with Crippen LogP contribution in [-0.2, 0) is 4.74 Å². The Morgan fingerprint density at radius 2 is 1.93 bits per heavy atom. The monoisotopic (exact) mass is 407 g/mol. The lowest BCUT2D eigenvalue weighted by molar-refractivity contribution is 0.141. The average molecular weight is 408 g/mol. The Morgan fingerprint density at radius 1 is 1.03 bits per heavy atom. The highest BCUT2D eigenvalue weighted by Gasteiger charge is 2.25. The Kier molecular flexibility index (Phi) is 5.35. The molecular formula is C23H25N3O2S. The van der Waals surface area contributed by atoms with E-state index in [0.29, 0.717) is 12.0 Å². The largest absolute Gasteiger partial charge is 0.501 e. The summed E-state index contributed by atoms with van der Waals surface area (Å²) >= 11 is 1.73. The third kappa shape index (κ3) is 4.22. The zero-order valence-corrected chi connectivity index (χ0v) is 17.1. The SMILES string of the molecule is C1=CC(c2cccnc2OC2CCC(Nc3nc4ccccc4s3)CC2)CCO1. The lowest BCUT2D eigenvalue weighted by atomic mass is 9.92. The highest BCUT2D eigenvalue weighted by Crippen LogP contribution is 2.33. The Hall–Kier alpha value is -2.60. The molecule has 150 valence electrons. The van der Waals surface area contributed by atoms with E-state index in [2.05, 4.69) is 40.6 Å². The van der Waals surface area contributed by atoms with E-state index in [1.54, 1.807) is 17.6 Å². The van der Waals surface area contributed by atoms with Gasteiger partial charge in [0, 0.05) is 23.7 Å². The fourth-order valence-corrected chi connectivity index (χ4v) is 5.09. The van der Waals surface area contributed by atoms with Gasteiger partial charge in [0.25, 0.3) is 0 Å². The maximum Gasteiger partial charge on any atom is 0.217 e. The van der Waals surface area contributed by atoms with Crippen molar-refractivity contribution in [2.24, 2.45) is 0 Å². The van der Waals surface area contributed by atoms with Crippen LogP contribution in [0.2, 0.25) is 0 Å². The van der Waals surface area contributed by atoms with Crippen LogP contribution in [0, 0.1) is 0 Å². The summed E-state index contributed by atoms with van der Waals surface area (Å²) < 4.78 is 12.9. The molecule has 2 aromatic heterocycles. The van der Waals surface area contributed by atoms with Crippen molar-refractivity contribution in [3.63, 3.8) is 0 Å². The van der Waals surface area contributed by atoms with Crippen molar-refractivity contribution in [3.8, 4) is 5.88 Å². The number of rotatable bonds is 5. The van der Waals surface area contributed by atoms with Gasteiger partial charge in [-0.2, -0.15) is 0 Å². The van der Waals surface area contributed by atoms with Gasteiger partial charge in [-0.05, 0) is 56.4 Å². The number of benzene rings is 1. The number of thiazole rings is 1. The van der Waals surface area contributed by atoms with Gasteiger partial charge in [-0.3, -0.25) is 0 Å². The van der Waals surface area contributed by atoms with E-state index < -0.39 is 0 Å². The molecular weight excluding hydrogens is 382 g/mol. The Labute approximate surface area is 174 Å². The number of nitrogens with one attached hydrogen (secondary N) is 1. The minimum Gasteiger partial charge on any atom is -0.501 e. The summed E-state index contributed by atoms with van der Waals surface area (Å²) in [6, 6.07) is 12.9. The molecule has 5 nitrogen and oxygen atoms in total. The number of ether oxygens (including phenoxy) is 2. The number of pyridine rings is 1. The minimum atomic E-state index is 0.223.